The Hall–Kier alpha value is -1.34. The van der Waals surface area contributed by atoms with E-state index in [2.05, 4.69) is 51.7 Å². The van der Waals surface area contributed by atoms with E-state index >= 15 is 0 Å². The summed E-state index contributed by atoms with van der Waals surface area (Å²) in [7, 11) is 1.39. The van der Waals surface area contributed by atoms with Crippen LogP contribution in [0, 0.1) is 0 Å². The molecule has 0 unspecified atom stereocenters. The second-order valence-corrected chi connectivity index (χ2v) is 7.12. The molecular weight excluding hydrogens is 318 g/mol. The van der Waals surface area contributed by atoms with Gasteiger partial charge in [-0.25, -0.2) is 0 Å². The molecule has 120 valence electrons. The highest BCUT2D eigenvalue weighted by Crippen LogP contribution is 2.30. The van der Waals surface area contributed by atoms with Gasteiger partial charge in [-0.05, 0) is 26.3 Å². The largest absolute Gasteiger partial charge is 0.468 e. The topological polar surface area (TPSA) is 57.0 Å². The highest BCUT2D eigenvalue weighted by atomic mass is 32.2. The SMILES string of the molecule is CCCc1cc(-c2nnc(SCC(=O)OC)n2C(C)C)cs1. The lowest BCUT2D eigenvalue weighted by atomic mass is 10.2. The van der Waals surface area contributed by atoms with Crippen molar-refractivity contribution < 1.29 is 9.53 Å². The van der Waals surface area contributed by atoms with Gasteiger partial charge in [0.05, 0.1) is 12.9 Å². The zero-order valence-electron chi connectivity index (χ0n) is 13.3. The number of carbonyl (C=O) groups is 1. The average Bonchev–Trinajstić information content (AvgIpc) is 3.11. The predicted molar refractivity (Wildman–Crippen MR) is 90.5 cm³/mol. The number of aryl methyl sites for hydroxylation is 1. The molecule has 0 aliphatic carbocycles. The molecule has 2 rings (SSSR count). The number of esters is 1. The summed E-state index contributed by atoms with van der Waals surface area (Å²) in [4.78, 5) is 12.7. The molecule has 0 bridgehead atoms. The molecule has 0 amide bonds. The predicted octanol–water partition coefficient (Wildman–Crippen LogP) is 3.81. The fourth-order valence-electron chi connectivity index (χ4n) is 2.10. The van der Waals surface area contributed by atoms with E-state index in [1.807, 2.05) is 0 Å². The third-order valence-electron chi connectivity index (χ3n) is 3.14. The van der Waals surface area contributed by atoms with Gasteiger partial charge in [0.15, 0.2) is 11.0 Å². The van der Waals surface area contributed by atoms with Crippen LogP contribution in [0.3, 0.4) is 0 Å². The molecule has 2 heterocycles. The van der Waals surface area contributed by atoms with E-state index in [9.17, 15) is 4.79 Å². The van der Waals surface area contributed by atoms with Crippen LogP contribution in [0.4, 0.5) is 0 Å². The van der Waals surface area contributed by atoms with Gasteiger partial charge in [0.1, 0.15) is 0 Å². The van der Waals surface area contributed by atoms with Crippen molar-refractivity contribution in [3.05, 3.63) is 16.3 Å². The van der Waals surface area contributed by atoms with Crippen LogP contribution >= 0.6 is 23.1 Å². The van der Waals surface area contributed by atoms with E-state index in [0.717, 1.165) is 29.4 Å². The molecule has 0 saturated carbocycles. The number of rotatable bonds is 7. The first-order valence-corrected chi connectivity index (χ1v) is 9.15. The molecule has 0 aromatic carbocycles. The first-order chi connectivity index (χ1) is 10.6. The fourth-order valence-corrected chi connectivity index (χ4v) is 3.96. The van der Waals surface area contributed by atoms with E-state index < -0.39 is 0 Å². The summed E-state index contributed by atoms with van der Waals surface area (Å²) in [5.74, 6) is 0.845. The first-order valence-electron chi connectivity index (χ1n) is 7.29. The van der Waals surface area contributed by atoms with Crippen LogP contribution in [0.1, 0.15) is 38.1 Å². The third kappa shape index (κ3) is 3.89. The first kappa shape index (κ1) is 17.0. The number of aromatic nitrogens is 3. The lowest BCUT2D eigenvalue weighted by molar-refractivity contribution is -0.137. The minimum Gasteiger partial charge on any atom is -0.468 e. The number of nitrogens with zero attached hydrogens (tertiary/aromatic N) is 3. The van der Waals surface area contributed by atoms with Gasteiger partial charge in [-0.1, -0.05) is 25.1 Å². The minimum absolute atomic E-state index is 0.222. The Balaban J connectivity index is 2.27. The quantitative estimate of drug-likeness (QED) is 0.567. The van der Waals surface area contributed by atoms with Crippen molar-refractivity contribution in [2.45, 2.75) is 44.8 Å². The van der Waals surface area contributed by atoms with Gasteiger partial charge < -0.3 is 4.74 Å². The molecule has 0 fully saturated rings. The Bertz CT molecular complexity index is 635. The summed E-state index contributed by atoms with van der Waals surface area (Å²) in [5, 5.41) is 11.5. The monoisotopic (exact) mass is 339 g/mol. The highest BCUT2D eigenvalue weighted by Gasteiger charge is 2.18. The summed E-state index contributed by atoms with van der Waals surface area (Å²) in [5.41, 5.74) is 1.10. The van der Waals surface area contributed by atoms with Gasteiger partial charge in [-0.15, -0.1) is 21.5 Å². The molecule has 0 atom stereocenters. The average molecular weight is 339 g/mol. The van der Waals surface area contributed by atoms with Crippen LogP contribution in [0.2, 0.25) is 0 Å². The summed E-state index contributed by atoms with van der Waals surface area (Å²) >= 11 is 3.12. The maximum Gasteiger partial charge on any atom is 0.316 e. The van der Waals surface area contributed by atoms with Crippen LogP contribution in [-0.2, 0) is 16.0 Å². The van der Waals surface area contributed by atoms with Crippen molar-refractivity contribution in [3.8, 4) is 11.4 Å². The number of methoxy groups -OCH3 is 1. The van der Waals surface area contributed by atoms with E-state index in [0.29, 0.717) is 0 Å². The Labute approximate surface area is 139 Å². The lowest BCUT2D eigenvalue weighted by Crippen LogP contribution is -2.08. The van der Waals surface area contributed by atoms with Gasteiger partial charge in [-0.3, -0.25) is 9.36 Å². The zero-order valence-corrected chi connectivity index (χ0v) is 15.0. The summed E-state index contributed by atoms with van der Waals surface area (Å²) < 4.78 is 6.75. The molecule has 0 aliphatic rings. The summed E-state index contributed by atoms with van der Waals surface area (Å²) in [6.45, 7) is 6.36. The van der Waals surface area contributed by atoms with E-state index in [-0.39, 0.29) is 17.8 Å². The number of hydrogen-bond acceptors (Lipinski definition) is 6. The minimum atomic E-state index is -0.259. The Morgan fingerprint density at radius 2 is 2.23 bits per heavy atom. The van der Waals surface area contributed by atoms with Gasteiger partial charge >= 0.3 is 5.97 Å². The Kier molecular flexibility index (Phi) is 6.02. The molecule has 7 heteroatoms. The number of carbonyl (C=O) groups excluding carboxylic acids is 1. The van der Waals surface area contributed by atoms with Gasteiger partial charge in [0.25, 0.3) is 0 Å². The molecule has 0 saturated heterocycles. The maximum atomic E-state index is 11.3. The number of thiophene rings is 1. The molecule has 0 aliphatic heterocycles. The second kappa shape index (κ2) is 7.78. The number of thioether (sulfide) groups is 1. The number of ether oxygens (including phenoxy) is 1. The fraction of sp³-hybridized carbons (Fsp3) is 0.533. The smallest absolute Gasteiger partial charge is 0.316 e. The van der Waals surface area contributed by atoms with E-state index in [4.69, 9.17) is 0 Å². The molecule has 0 radical (unpaired) electrons. The van der Waals surface area contributed by atoms with Crippen molar-refractivity contribution in [1.29, 1.82) is 0 Å². The molecule has 0 spiro atoms. The van der Waals surface area contributed by atoms with Crippen LogP contribution in [0.25, 0.3) is 11.4 Å². The lowest BCUT2D eigenvalue weighted by Gasteiger charge is -2.12. The normalized spacial score (nSPS) is 11.1. The van der Waals surface area contributed by atoms with E-state index in [1.54, 1.807) is 11.3 Å². The van der Waals surface area contributed by atoms with Crippen molar-refractivity contribution in [1.82, 2.24) is 14.8 Å². The zero-order chi connectivity index (χ0) is 16.1. The summed E-state index contributed by atoms with van der Waals surface area (Å²) in [6.07, 6.45) is 2.22. The molecule has 5 nitrogen and oxygen atoms in total. The molecule has 2 aromatic rings. The third-order valence-corrected chi connectivity index (χ3v) is 5.05. The van der Waals surface area contributed by atoms with Crippen molar-refractivity contribution >= 4 is 29.1 Å². The Morgan fingerprint density at radius 3 is 2.86 bits per heavy atom. The number of hydrogen-bond donors (Lipinski definition) is 0. The van der Waals surface area contributed by atoms with E-state index in [1.165, 1.54) is 23.7 Å². The van der Waals surface area contributed by atoms with Crippen LogP contribution in [-0.4, -0.2) is 33.6 Å². The standard InChI is InChI=1S/C15H21N3O2S2/c1-5-6-12-7-11(8-21-12)14-16-17-15(18(14)10(2)3)22-9-13(19)20-4/h7-8,10H,5-6,9H2,1-4H3. The molecule has 22 heavy (non-hydrogen) atoms. The van der Waals surface area contributed by atoms with Gasteiger partial charge in [-0.2, -0.15) is 0 Å². The van der Waals surface area contributed by atoms with Gasteiger partial charge in [0, 0.05) is 21.9 Å². The van der Waals surface area contributed by atoms with Crippen LogP contribution < -0.4 is 0 Å². The molecule has 2 aromatic heterocycles. The molecular formula is C15H21N3O2S2. The maximum absolute atomic E-state index is 11.3. The van der Waals surface area contributed by atoms with Crippen LogP contribution in [0.15, 0.2) is 16.6 Å². The van der Waals surface area contributed by atoms with Gasteiger partial charge in [0.2, 0.25) is 0 Å². The van der Waals surface area contributed by atoms with Crippen molar-refractivity contribution in [3.63, 3.8) is 0 Å². The van der Waals surface area contributed by atoms with Crippen molar-refractivity contribution in [2.24, 2.45) is 0 Å². The van der Waals surface area contributed by atoms with Crippen molar-refractivity contribution in [2.75, 3.05) is 12.9 Å². The summed E-state index contributed by atoms with van der Waals surface area (Å²) in [6, 6.07) is 2.41. The second-order valence-electron chi connectivity index (χ2n) is 5.19. The highest BCUT2D eigenvalue weighted by molar-refractivity contribution is 7.99. The molecule has 0 N–H and O–H groups in total. The Morgan fingerprint density at radius 1 is 1.45 bits per heavy atom. The van der Waals surface area contributed by atoms with Crippen LogP contribution in [0.5, 0.6) is 0 Å².